The van der Waals surface area contributed by atoms with Crippen LogP contribution in [0.3, 0.4) is 0 Å². The molecular formula is C8H14AlO4. The average Bonchev–Trinajstić information content (AvgIpc) is 2.01. The Balaban J connectivity index is 0. The van der Waals surface area contributed by atoms with E-state index in [2.05, 4.69) is 9.78 Å². The number of carbonyl (C=O) groups excluding carboxylic acids is 2. The molecule has 0 aliphatic carbocycles. The molecule has 0 saturated heterocycles. The topological polar surface area (TPSA) is 52.6 Å². The van der Waals surface area contributed by atoms with Crippen molar-refractivity contribution in [2.45, 2.75) is 33.1 Å². The summed E-state index contributed by atoms with van der Waals surface area (Å²) in [5.41, 5.74) is 0. The first kappa shape index (κ1) is 15.1. The number of hydrogen-bond donors (Lipinski definition) is 0. The maximum Gasteiger partial charge on any atom is 0.349 e. The monoisotopic (exact) mass is 201 g/mol. The van der Waals surface area contributed by atoms with Crippen molar-refractivity contribution >= 4 is 29.1 Å². The van der Waals surface area contributed by atoms with Gasteiger partial charge in [-0.05, 0) is 13.3 Å². The molecule has 13 heavy (non-hydrogen) atoms. The Labute approximate surface area is 88.6 Å². The predicted octanol–water partition coefficient (Wildman–Crippen LogP) is 0.860. The molecule has 0 rings (SSSR count). The van der Waals surface area contributed by atoms with E-state index in [1.54, 1.807) is 6.92 Å². The molecule has 0 fully saturated rings. The molecule has 0 unspecified atom stereocenters. The summed E-state index contributed by atoms with van der Waals surface area (Å²) in [5, 5.41) is 0. The molecule has 0 amide bonds. The molecule has 0 aromatic rings. The predicted molar refractivity (Wildman–Crippen MR) is 48.0 cm³/mol. The van der Waals surface area contributed by atoms with Crippen LogP contribution < -0.4 is 0 Å². The average molecular weight is 201 g/mol. The van der Waals surface area contributed by atoms with Gasteiger partial charge in [0.15, 0.2) is 0 Å². The molecule has 4 nitrogen and oxygen atoms in total. The first-order chi connectivity index (χ1) is 5.70. The van der Waals surface area contributed by atoms with Gasteiger partial charge in [-0.15, -0.1) is 0 Å². The third kappa shape index (κ3) is 9.55. The van der Waals surface area contributed by atoms with Crippen molar-refractivity contribution in [3.63, 3.8) is 0 Å². The van der Waals surface area contributed by atoms with Crippen LogP contribution in [-0.2, 0) is 19.4 Å². The van der Waals surface area contributed by atoms with Crippen LogP contribution in [-0.4, -0.2) is 35.7 Å². The lowest BCUT2D eigenvalue weighted by molar-refractivity contribution is -0.269. The number of hydrogen-bond acceptors (Lipinski definition) is 4. The molecular weight excluding hydrogens is 187 g/mol. The highest BCUT2D eigenvalue weighted by Crippen LogP contribution is 1.96. The smallest absolute Gasteiger partial charge is 0.299 e. The Morgan fingerprint density at radius 3 is 2.31 bits per heavy atom. The summed E-state index contributed by atoms with van der Waals surface area (Å²) < 4.78 is 0. The standard InChI is InChI=1S/C8H14O4.Al/c1-3-5-7(9)6-8(10)12-11-4-2;/h3-6H2,1-2H3;. The Morgan fingerprint density at radius 2 is 1.85 bits per heavy atom. The fourth-order valence-corrected chi connectivity index (χ4v) is 0.682. The maximum absolute atomic E-state index is 10.9. The van der Waals surface area contributed by atoms with E-state index in [4.69, 9.17) is 0 Å². The maximum atomic E-state index is 10.9. The SMILES string of the molecule is CCCC(=O)CC(=O)OOCC.[Al]. The lowest BCUT2D eigenvalue weighted by Crippen LogP contribution is -2.11. The van der Waals surface area contributed by atoms with Crippen LogP contribution in [0.5, 0.6) is 0 Å². The van der Waals surface area contributed by atoms with Crippen LogP contribution in [0.2, 0.25) is 0 Å². The van der Waals surface area contributed by atoms with Gasteiger partial charge in [0.25, 0.3) is 0 Å². The van der Waals surface area contributed by atoms with Crippen LogP contribution in [0, 0.1) is 0 Å². The van der Waals surface area contributed by atoms with E-state index in [1.807, 2.05) is 6.92 Å². The minimum Gasteiger partial charge on any atom is -0.299 e. The Hall–Kier alpha value is -0.368. The molecule has 0 heterocycles. The molecule has 0 aliphatic rings. The second-order valence-corrected chi connectivity index (χ2v) is 2.33. The molecule has 5 heteroatoms. The Bertz CT molecular complexity index is 158. The van der Waals surface area contributed by atoms with E-state index in [0.717, 1.165) is 6.42 Å². The zero-order chi connectivity index (χ0) is 9.40. The van der Waals surface area contributed by atoms with E-state index < -0.39 is 5.97 Å². The lowest BCUT2D eigenvalue weighted by atomic mass is 10.2. The number of carbonyl (C=O) groups is 2. The highest BCUT2D eigenvalue weighted by Gasteiger charge is 2.09. The number of rotatable bonds is 6. The van der Waals surface area contributed by atoms with Crippen molar-refractivity contribution in [2.24, 2.45) is 0 Å². The fourth-order valence-electron chi connectivity index (χ4n) is 0.682. The molecule has 0 aromatic carbocycles. The molecule has 0 N–H and O–H groups in total. The van der Waals surface area contributed by atoms with Gasteiger partial charge in [0, 0.05) is 23.8 Å². The van der Waals surface area contributed by atoms with Crippen LogP contribution in [0.15, 0.2) is 0 Å². The third-order valence-electron chi connectivity index (χ3n) is 1.14. The van der Waals surface area contributed by atoms with Crippen LogP contribution >= 0.6 is 0 Å². The minimum absolute atomic E-state index is 0. The van der Waals surface area contributed by atoms with Crippen molar-refractivity contribution < 1.29 is 19.4 Å². The van der Waals surface area contributed by atoms with Gasteiger partial charge in [0.1, 0.15) is 12.2 Å². The third-order valence-corrected chi connectivity index (χ3v) is 1.14. The van der Waals surface area contributed by atoms with Gasteiger partial charge in [-0.2, -0.15) is 4.89 Å². The molecule has 73 valence electrons. The van der Waals surface area contributed by atoms with Crippen LogP contribution in [0.25, 0.3) is 0 Å². The summed E-state index contributed by atoms with van der Waals surface area (Å²) in [7, 11) is 0. The summed E-state index contributed by atoms with van der Waals surface area (Å²) in [6.45, 7) is 3.88. The van der Waals surface area contributed by atoms with E-state index in [0.29, 0.717) is 13.0 Å². The minimum atomic E-state index is -0.615. The second-order valence-electron chi connectivity index (χ2n) is 2.33. The zero-order valence-electron chi connectivity index (χ0n) is 8.04. The summed E-state index contributed by atoms with van der Waals surface area (Å²) >= 11 is 0. The molecule has 3 radical (unpaired) electrons. The van der Waals surface area contributed by atoms with Gasteiger partial charge >= 0.3 is 5.97 Å². The quantitative estimate of drug-likeness (QED) is 0.277. The van der Waals surface area contributed by atoms with E-state index in [9.17, 15) is 9.59 Å². The summed E-state index contributed by atoms with van der Waals surface area (Å²) in [6, 6.07) is 0. The fraction of sp³-hybridized carbons (Fsp3) is 0.750. The van der Waals surface area contributed by atoms with E-state index in [1.165, 1.54) is 0 Å². The largest absolute Gasteiger partial charge is 0.349 e. The summed E-state index contributed by atoms with van der Waals surface area (Å²) in [5.74, 6) is -0.725. The Kier molecular flexibility index (Phi) is 11.3. The molecule has 0 bridgehead atoms. The van der Waals surface area contributed by atoms with Gasteiger partial charge in [-0.3, -0.25) is 9.68 Å². The lowest BCUT2D eigenvalue weighted by Gasteiger charge is -1.99. The van der Waals surface area contributed by atoms with Crippen molar-refractivity contribution in [3.05, 3.63) is 0 Å². The number of ketones is 1. The molecule has 0 aliphatic heterocycles. The van der Waals surface area contributed by atoms with Crippen LogP contribution in [0.1, 0.15) is 33.1 Å². The van der Waals surface area contributed by atoms with Gasteiger partial charge in [0.2, 0.25) is 0 Å². The van der Waals surface area contributed by atoms with Crippen molar-refractivity contribution in [3.8, 4) is 0 Å². The first-order valence-electron chi connectivity index (χ1n) is 4.04. The van der Waals surface area contributed by atoms with Gasteiger partial charge in [0.05, 0.1) is 6.61 Å². The summed E-state index contributed by atoms with van der Waals surface area (Å²) in [6.07, 6.45) is 0.982. The van der Waals surface area contributed by atoms with Gasteiger partial charge in [-0.1, -0.05) is 6.92 Å². The summed E-state index contributed by atoms with van der Waals surface area (Å²) in [4.78, 5) is 30.2. The Morgan fingerprint density at radius 1 is 1.23 bits per heavy atom. The van der Waals surface area contributed by atoms with Gasteiger partial charge in [-0.25, -0.2) is 4.79 Å². The van der Waals surface area contributed by atoms with Gasteiger partial charge < -0.3 is 0 Å². The van der Waals surface area contributed by atoms with E-state index in [-0.39, 0.29) is 29.6 Å². The highest BCUT2D eigenvalue weighted by molar-refractivity contribution is 5.95. The highest BCUT2D eigenvalue weighted by atomic mass is 27.0. The normalized spacial score (nSPS) is 8.77. The number of Topliss-reactive ketones (excluding diaryl/α,β-unsaturated/α-hetero) is 1. The van der Waals surface area contributed by atoms with Crippen LogP contribution in [0.4, 0.5) is 0 Å². The first-order valence-corrected chi connectivity index (χ1v) is 4.04. The molecule has 0 atom stereocenters. The van der Waals surface area contributed by atoms with Crippen molar-refractivity contribution in [1.29, 1.82) is 0 Å². The molecule has 0 aromatic heterocycles. The zero-order valence-corrected chi connectivity index (χ0v) is 9.19. The van der Waals surface area contributed by atoms with Crippen molar-refractivity contribution in [2.75, 3.05) is 6.61 Å². The van der Waals surface area contributed by atoms with E-state index >= 15 is 0 Å². The molecule has 0 saturated carbocycles. The van der Waals surface area contributed by atoms with Crippen molar-refractivity contribution in [1.82, 2.24) is 0 Å². The molecule has 0 spiro atoms. The second kappa shape index (κ2) is 9.72.